The van der Waals surface area contributed by atoms with Gasteiger partial charge in [0.15, 0.2) is 11.6 Å². The minimum Gasteiger partial charge on any atom is -0.494 e. The molecule has 0 aliphatic carbocycles. The lowest BCUT2D eigenvalue weighted by Gasteiger charge is -2.15. The highest BCUT2D eigenvalue weighted by Crippen LogP contribution is 2.26. The quantitative estimate of drug-likeness (QED) is 0.923. The molecule has 2 aromatic rings. The van der Waals surface area contributed by atoms with Crippen LogP contribution < -0.4 is 10.5 Å². The number of ether oxygens (including phenoxy) is 1. The van der Waals surface area contributed by atoms with Gasteiger partial charge in [-0.1, -0.05) is 29.8 Å². The maximum atomic E-state index is 13.6. The van der Waals surface area contributed by atoms with Gasteiger partial charge < -0.3 is 10.5 Å². The maximum Gasteiger partial charge on any atom is 0.165 e. The summed E-state index contributed by atoms with van der Waals surface area (Å²) >= 11 is 6.20. The molecule has 106 valence electrons. The number of benzene rings is 2. The highest BCUT2D eigenvalue weighted by Gasteiger charge is 2.12. The van der Waals surface area contributed by atoms with Crippen molar-refractivity contribution in [3.05, 3.63) is 63.9 Å². The first kappa shape index (κ1) is 14.8. The van der Waals surface area contributed by atoms with Gasteiger partial charge in [0.2, 0.25) is 0 Å². The van der Waals surface area contributed by atoms with E-state index in [-0.39, 0.29) is 17.6 Å². The lowest BCUT2D eigenvalue weighted by atomic mass is 9.98. The molecule has 0 spiro atoms. The zero-order chi connectivity index (χ0) is 14.7. The first-order valence-electron chi connectivity index (χ1n) is 6.35. The first-order valence-corrected chi connectivity index (χ1v) is 6.73. The van der Waals surface area contributed by atoms with E-state index >= 15 is 0 Å². The summed E-state index contributed by atoms with van der Waals surface area (Å²) in [5.74, 6) is -0.150. The summed E-state index contributed by atoms with van der Waals surface area (Å²) in [5, 5.41) is 0.645. The number of hydrogen-bond acceptors (Lipinski definition) is 2. The summed E-state index contributed by atoms with van der Waals surface area (Å²) in [5.41, 5.74) is 8.93. The van der Waals surface area contributed by atoms with Gasteiger partial charge in [0, 0.05) is 11.1 Å². The van der Waals surface area contributed by atoms with E-state index in [2.05, 4.69) is 0 Å². The second kappa shape index (κ2) is 6.25. The molecule has 2 aromatic carbocycles. The fraction of sp³-hybridized carbons (Fsp3) is 0.250. The Kier molecular flexibility index (Phi) is 4.63. The summed E-state index contributed by atoms with van der Waals surface area (Å²) < 4.78 is 18.5. The Balaban J connectivity index is 2.18. The molecule has 0 saturated carbocycles. The zero-order valence-corrected chi connectivity index (χ0v) is 12.2. The van der Waals surface area contributed by atoms with Crippen molar-refractivity contribution in [3.8, 4) is 5.75 Å². The van der Waals surface area contributed by atoms with Crippen molar-refractivity contribution in [1.82, 2.24) is 0 Å². The second-order valence-electron chi connectivity index (χ2n) is 4.80. The van der Waals surface area contributed by atoms with E-state index in [0.717, 1.165) is 16.7 Å². The number of halogens is 2. The first-order chi connectivity index (χ1) is 9.51. The molecule has 0 heterocycles. The molecule has 0 aromatic heterocycles. The van der Waals surface area contributed by atoms with Gasteiger partial charge in [-0.15, -0.1) is 0 Å². The number of methoxy groups -OCH3 is 1. The van der Waals surface area contributed by atoms with Crippen LogP contribution in [0.2, 0.25) is 5.02 Å². The van der Waals surface area contributed by atoms with Crippen LogP contribution in [0.3, 0.4) is 0 Å². The van der Waals surface area contributed by atoms with Gasteiger partial charge in [0.05, 0.1) is 7.11 Å². The molecular formula is C16H17ClFNO. The van der Waals surface area contributed by atoms with E-state index in [1.54, 1.807) is 6.07 Å². The number of rotatable bonds is 4. The van der Waals surface area contributed by atoms with E-state index in [1.165, 1.54) is 13.2 Å². The normalized spacial score (nSPS) is 12.2. The third-order valence-corrected chi connectivity index (χ3v) is 3.55. The van der Waals surface area contributed by atoms with Crippen LogP contribution in [0.4, 0.5) is 4.39 Å². The van der Waals surface area contributed by atoms with Gasteiger partial charge in [0.1, 0.15) is 0 Å². The van der Waals surface area contributed by atoms with Gasteiger partial charge in [-0.2, -0.15) is 0 Å². The smallest absolute Gasteiger partial charge is 0.165 e. The molecule has 2 N–H and O–H groups in total. The van der Waals surface area contributed by atoms with E-state index < -0.39 is 0 Å². The molecule has 0 saturated heterocycles. The fourth-order valence-electron chi connectivity index (χ4n) is 2.13. The second-order valence-corrected chi connectivity index (χ2v) is 5.21. The Labute approximate surface area is 123 Å². The Morgan fingerprint density at radius 3 is 2.60 bits per heavy atom. The van der Waals surface area contributed by atoms with Crippen LogP contribution in [0.1, 0.15) is 22.7 Å². The summed E-state index contributed by atoms with van der Waals surface area (Å²) in [6.07, 6.45) is 0.518. The van der Waals surface area contributed by atoms with Crippen molar-refractivity contribution in [2.45, 2.75) is 19.4 Å². The average molecular weight is 294 g/mol. The average Bonchev–Trinajstić information content (AvgIpc) is 2.38. The molecule has 0 radical (unpaired) electrons. The third kappa shape index (κ3) is 3.30. The Hall–Kier alpha value is -1.58. The molecule has 2 rings (SSSR count). The van der Waals surface area contributed by atoms with E-state index in [9.17, 15) is 4.39 Å². The van der Waals surface area contributed by atoms with E-state index in [1.807, 2.05) is 31.2 Å². The lowest BCUT2D eigenvalue weighted by Crippen LogP contribution is -2.14. The Morgan fingerprint density at radius 1 is 1.25 bits per heavy atom. The molecule has 0 amide bonds. The molecule has 0 bridgehead atoms. The standard InChI is InChI=1S/C16H17ClFNO/c1-10-3-5-12(13(17)7-10)15(19)9-11-4-6-16(20-2)14(18)8-11/h3-8,15H,9,19H2,1-2H3. The third-order valence-electron chi connectivity index (χ3n) is 3.23. The van der Waals surface area contributed by atoms with Crippen LogP contribution in [-0.4, -0.2) is 7.11 Å². The Morgan fingerprint density at radius 2 is 2.00 bits per heavy atom. The van der Waals surface area contributed by atoms with Gasteiger partial charge in [0.25, 0.3) is 0 Å². The summed E-state index contributed by atoms with van der Waals surface area (Å²) in [7, 11) is 1.44. The number of aryl methyl sites for hydroxylation is 1. The molecule has 4 heteroatoms. The molecule has 20 heavy (non-hydrogen) atoms. The van der Waals surface area contributed by atoms with Crippen molar-refractivity contribution in [1.29, 1.82) is 0 Å². The van der Waals surface area contributed by atoms with Crippen molar-refractivity contribution < 1.29 is 9.13 Å². The van der Waals surface area contributed by atoms with Crippen LogP contribution >= 0.6 is 11.6 Å². The minimum atomic E-state index is -0.382. The van der Waals surface area contributed by atoms with Crippen molar-refractivity contribution >= 4 is 11.6 Å². The van der Waals surface area contributed by atoms with Gasteiger partial charge >= 0.3 is 0 Å². The van der Waals surface area contributed by atoms with Gasteiger partial charge in [-0.05, 0) is 48.2 Å². The highest BCUT2D eigenvalue weighted by atomic mass is 35.5. The van der Waals surface area contributed by atoms with Crippen molar-refractivity contribution in [2.24, 2.45) is 5.73 Å². The van der Waals surface area contributed by atoms with Crippen LogP contribution in [0.5, 0.6) is 5.75 Å². The fourth-order valence-corrected chi connectivity index (χ4v) is 2.51. The van der Waals surface area contributed by atoms with Gasteiger partial charge in [-0.25, -0.2) is 4.39 Å². The highest BCUT2D eigenvalue weighted by molar-refractivity contribution is 6.31. The molecule has 0 fully saturated rings. The number of nitrogens with two attached hydrogens (primary N) is 1. The van der Waals surface area contributed by atoms with Crippen LogP contribution in [0.15, 0.2) is 36.4 Å². The van der Waals surface area contributed by atoms with Crippen molar-refractivity contribution in [2.75, 3.05) is 7.11 Å². The summed E-state index contributed by atoms with van der Waals surface area (Å²) in [4.78, 5) is 0. The molecule has 1 atom stereocenters. The zero-order valence-electron chi connectivity index (χ0n) is 11.5. The van der Waals surface area contributed by atoms with Crippen LogP contribution in [-0.2, 0) is 6.42 Å². The molecule has 1 unspecified atom stereocenters. The monoisotopic (exact) mass is 293 g/mol. The summed E-state index contributed by atoms with van der Waals surface area (Å²) in [6.45, 7) is 1.97. The topological polar surface area (TPSA) is 35.2 Å². The SMILES string of the molecule is COc1ccc(CC(N)c2ccc(C)cc2Cl)cc1F. The van der Waals surface area contributed by atoms with E-state index in [4.69, 9.17) is 22.1 Å². The largest absolute Gasteiger partial charge is 0.494 e. The molecule has 0 aliphatic heterocycles. The van der Waals surface area contributed by atoms with E-state index in [0.29, 0.717) is 11.4 Å². The predicted molar refractivity (Wildman–Crippen MR) is 79.8 cm³/mol. The van der Waals surface area contributed by atoms with Crippen molar-refractivity contribution in [3.63, 3.8) is 0 Å². The maximum absolute atomic E-state index is 13.6. The molecule has 0 aliphatic rings. The van der Waals surface area contributed by atoms with Crippen LogP contribution in [0, 0.1) is 12.7 Å². The summed E-state index contributed by atoms with van der Waals surface area (Å²) in [6, 6.07) is 10.4. The molecule has 2 nitrogen and oxygen atoms in total. The lowest BCUT2D eigenvalue weighted by molar-refractivity contribution is 0.386. The predicted octanol–water partition coefficient (Wildman–Crippen LogP) is 4.04. The number of hydrogen-bond donors (Lipinski definition) is 1. The van der Waals surface area contributed by atoms with Crippen LogP contribution in [0.25, 0.3) is 0 Å². The molecular weight excluding hydrogens is 277 g/mol. The van der Waals surface area contributed by atoms with Gasteiger partial charge in [-0.3, -0.25) is 0 Å². The Bertz CT molecular complexity index is 615. The minimum absolute atomic E-state index is 0.232.